The monoisotopic (exact) mass is 411 g/mol. The Morgan fingerprint density at radius 2 is 1.79 bits per heavy atom. The van der Waals surface area contributed by atoms with E-state index in [2.05, 4.69) is 4.98 Å². The Balaban J connectivity index is 2.10. The molecule has 2 rings (SSSR count). The summed E-state index contributed by atoms with van der Waals surface area (Å²) in [7, 11) is 3.57. The zero-order valence-corrected chi connectivity index (χ0v) is 16.3. The Kier molecular flexibility index (Phi) is 8.12. The molecule has 2 aromatic rings. The lowest BCUT2D eigenvalue weighted by Gasteiger charge is -2.22. The number of alkyl halides is 3. The highest BCUT2D eigenvalue weighted by atomic mass is 19.3. The van der Waals surface area contributed by atoms with E-state index < -0.39 is 31.2 Å². The summed E-state index contributed by atoms with van der Waals surface area (Å²) in [6.45, 7) is 0.701. The lowest BCUT2D eigenvalue weighted by atomic mass is 9.99. The van der Waals surface area contributed by atoms with Crippen molar-refractivity contribution in [1.29, 1.82) is 0 Å². The fraction of sp³-hybridized carbons (Fsp3) is 0.400. The fourth-order valence-electron chi connectivity index (χ4n) is 2.74. The van der Waals surface area contributed by atoms with E-state index in [1.807, 2.05) is 19.1 Å². The molecular formula is C20H24F3N3O3. The molecule has 1 aromatic carbocycles. The number of rotatable bonds is 9. The Morgan fingerprint density at radius 3 is 2.28 bits per heavy atom. The number of hydroxylamine groups is 2. The predicted octanol–water partition coefficient (Wildman–Crippen LogP) is 3.06. The number of aromatic nitrogens is 1. The third-order valence-corrected chi connectivity index (χ3v) is 4.23. The number of carbonyl (C=O) groups is 1. The zero-order valence-electron chi connectivity index (χ0n) is 16.3. The maximum Gasteiger partial charge on any atom is 0.315 e. The van der Waals surface area contributed by atoms with E-state index in [-0.39, 0.29) is 6.10 Å². The molecule has 9 heteroatoms. The van der Waals surface area contributed by atoms with Gasteiger partial charge >= 0.3 is 6.43 Å². The molecule has 0 spiro atoms. The van der Waals surface area contributed by atoms with Gasteiger partial charge in [0.25, 0.3) is 5.91 Å². The molecule has 0 aliphatic heterocycles. The second-order valence-corrected chi connectivity index (χ2v) is 6.67. The summed E-state index contributed by atoms with van der Waals surface area (Å²) in [6.07, 6.45) is -3.26. The number of amides is 1. The predicted molar refractivity (Wildman–Crippen MR) is 102 cm³/mol. The first-order chi connectivity index (χ1) is 13.7. The van der Waals surface area contributed by atoms with E-state index in [1.165, 1.54) is 0 Å². The maximum absolute atomic E-state index is 13.1. The number of hydrogen-bond donors (Lipinski definition) is 2. The smallest absolute Gasteiger partial charge is 0.315 e. The fourth-order valence-corrected chi connectivity index (χ4v) is 2.74. The summed E-state index contributed by atoms with van der Waals surface area (Å²) in [4.78, 5) is 21.0. The van der Waals surface area contributed by atoms with Crippen molar-refractivity contribution >= 4 is 5.91 Å². The van der Waals surface area contributed by atoms with Gasteiger partial charge in [0.2, 0.25) is 0 Å². The molecular weight excluding hydrogens is 387 g/mol. The van der Waals surface area contributed by atoms with Crippen molar-refractivity contribution in [3.8, 4) is 11.1 Å². The lowest BCUT2D eigenvalue weighted by Crippen LogP contribution is -2.43. The van der Waals surface area contributed by atoms with Crippen molar-refractivity contribution < 1.29 is 27.9 Å². The highest BCUT2D eigenvalue weighted by molar-refractivity contribution is 5.79. The largest absolute Gasteiger partial charge is 0.386 e. The van der Waals surface area contributed by atoms with Crippen LogP contribution in [-0.2, 0) is 9.63 Å². The van der Waals surface area contributed by atoms with Gasteiger partial charge in [0.05, 0.1) is 11.7 Å². The van der Waals surface area contributed by atoms with Gasteiger partial charge in [0.1, 0.15) is 18.9 Å². The molecule has 0 bridgehead atoms. The standard InChI is InChI=1S/C20H24F3N3O3/c1-12(29-26(2)3)16-9-8-15(11-24-16)13-4-6-14(7-5-13)18(27)17(10-21)25-20(28)19(22)23/h4-9,11-12,17-19,27H,10H2,1-3H3,(H,25,28). The van der Waals surface area contributed by atoms with Crippen LogP contribution in [0.2, 0.25) is 0 Å². The van der Waals surface area contributed by atoms with Crippen molar-refractivity contribution in [2.45, 2.75) is 31.6 Å². The SMILES string of the molecule is CC(ON(C)C)c1ccc(-c2ccc(C(O)C(CF)NC(=O)C(F)F)cc2)cn1. The summed E-state index contributed by atoms with van der Waals surface area (Å²) in [6, 6.07) is 8.73. The summed E-state index contributed by atoms with van der Waals surface area (Å²) in [5, 5.41) is 13.6. The minimum absolute atomic E-state index is 0.211. The van der Waals surface area contributed by atoms with Crippen LogP contribution < -0.4 is 5.32 Å². The highest BCUT2D eigenvalue weighted by Crippen LogP contribution is 2.25. The Labute approximate surface area is 167 Å². The molecule has 1 aromatic heterocycles. The lowest BCUT2D eigenvalue weighted by molar-refractivity contribution is -0.161. The van der Waals surface area contributed by atoms with Gasteiger partial charge in [-0.2, -0.15) is 13.8 Å². The van der Waals surface area contributed by atoms with Gasteiger partial charge in [-0.1, -0.05) is 30.3 Å². The molecule has 3 unspecified atom stereocenters. The first-order valence-corrected chi connectivity index (χ1v) is 8.95. The minimum Gasteiger partial charge on any atom is -0.386 e. The molecule has 3 atom stereocenters. The number of halogens is 3. The van der Waals surface area contributed by atoms with Crippen LogP contribution in [0.25, 0.3) is 11.1 Å². The molecule has 1 heterocycles. The van der Waals surface area contributed by atoms with E-state index in [1.54, 1.807) is 54.9 Å². The summed E-state index contributed by atoms with van der Waals surface area (Å²) in [5.74, 6) is -1.62. The quantitative estimate of drug-likeness (QED) is 0.621. The molecule has 29 heavy (non-hydrogen) atoms. The third-order valence-electron chi connectivity index (χ3n) is 4.23. The second kappa shape index (κ2) is 10.3. The molecule has 0 saturated carbocycles. The zero-order chi connectivity index (χ0) is 21.6. The van der Waals surface area contributed by atoms with Crippen molar-refractivity contribution in [2.24, 2.45) is 0 Å². The Hall–Kier alpha value is -2.49. The van der Waals surface area contributed by atoms with Crippen molar-refractivity contribution in [3.63, 3.8) is 0 Å². The van der Waals surface area contributed by atoms with Gasteiger partial charge in [-0.05, 0) is 24.1 Å². The number of pyridine rings is 1. The van der Waals surface area contributed by atoms with E-state index in [4.69, 9.17) is 4.84 Å². The van der Waals surface area contributed by atoms with Crippen molar-refractivity contribution in [1.82, 2.24) is 15.4 Å². The number of aliphatic hydroxyl groups excluding tert-OH is 1. The average Bonchev–Trinajstić information content (AvgIpc) is 2.71. The van der Waals surface area contributed by atoms with Gasteiger partial charge < -0.3 is 10.4 Å². The summed E-state index contributed by atoms with van der Waals surface area (Å²) < 4.78 is 37.8. The van der Waals surface area contributed by atoms with Gasteiger partial charge in [0.15, 0.2) is 0 Å². The Bertz CT molecular complexity index is 786. The minimum atomic E-state index is -3.28. The van der Waals surface area contributed by atoms with E-state index in [0.717, 1.165) is 16.8 Å². The number of nitrogens with one attached hydrogen (secondary N) is 1. The van der Waals surface area contributed by atoms with Gasteiger partial charge in [-0.3, -0.25) is 14.6 Å². The maximum atomic E-state index is 13.1. The van der Waals surface area contributed by atoms with E-state index in [9.17, 15) is 23.1 Å². The highest BCUT2D eigenvalue weighted by Gasteiger charge is 2.26. The molecule has 0 saturated heterocycles. The first kappa shape index (κ1) is 22.8. The van der Waals surface area contributed by atoms with Crippen LogP contribution in [-0.4, -0.2) is 54.3 Å². The number of nitrogens with zero attached hydrogens (tertiary/aromatic N) is 2. The van der Waals surface area contributed by atoms with Gasteiger partial charge in [-0.15, -0.1) is 0 Å². The number of hydrogen-bond acceptors (Lipinski definition) is 5. The van der Waals surface area contributed by atoms with Crippen molar-refractivity contribution in [3.05, 3.63) is 53.9 Å². The Morgan fingerprint density at radius 1 is 1.17 bits per heavy atom. The molecule has 158 valence electrons. The average molecular weight is 411 g/mol. The number of aliphatic hydroxyl groups is 1. The normalized spacial score (nSPS) is 14.7. The van der Waals surface area contributed by atoms with Crippen LogP contribution in [0.1, 0.15) is 30.4 Å². The van der Waals surface area contributed by atoms with Crippen LogP contribution >= 0.6 is 0 Å². The van der Waals surface area contributed by atoms with Crippen molar-refractivity contribution in [2.75, 3.05) is 20.8 Å². The second-order valence-electron chi connectivity index (χ2n) is 6.67. The van der Waals surface area contributed by atoms with Crippen LogP contribution in [0.5, 0.6) is 0 Å². The van der Waals surface area contributed by atoms with Crippen LogP contribution in [0.3, 0.4) is 0 Å². The van der Waals surface area contributed by atoms with Gasteiger partial charge in [0, 0.05) is 25.9 Å². The third kappa shape index (κ3) is 6.25. The number of carbonyl (C=O) groups excluding carboxylic acids is 1. The van der Waals surface area contributed by atoms with E-state index >= 15 is 0 Å². The topological polar surface area (TPSA) is 74.7 Å². The summed E-state index contributed by atoms with van der Waals surface area (Å²) >= 11 is 0. The van der Waals surface area contributed by atoms with E-state index in [0.29, 0.717) is 5.56 Å². The first-order valence-electron chi connectivity index (χ1n) is 8.95. The molecule has 0 fully saturated rings. The van der Waals surface area contributed by atoms with Crippen LogP contribution in [0, 0.1) is 0 Å². The molecule has 6 nitrogen and oxygen atoms in total. The van der Waals surface area contributed by atoms with Crippen LogP contribution in [0.15, 0.2) is 42.6 Å². The number of benzene rings is 1. The molecule has 2 N–H and O–H groups in total. The molecule has 0 aliphatic carbocycles. The van der Waals surface area contributed by atoms with Gasteiger partial charge in [-0.25, -0.2) is 4.39 Å². The van der Waals surface area contributed by atoms with Crippen LogP contribution in [0.4, 0.5) is 13.2 Å². The summed E-state index contributed by atoms with van der Waals surface area (Å²) in [5.41, 5.74) is 2.67. The molecule has 0 aliphatic rings. The molecule has 1 amide bonds. The molecule has 0 radical (unpaired) electrons.